The van der Waals surface area contributed by atoms with Gasteiger partial charge in [0.15, 0.2) is 5.82 Å². The Kier molecular flexibility index (Phi) is 2.54. The first-order chi connectivity index (χ1) is 8.19. The van der Waals surface area contributed by atoms with Crippen molar-refractivity contribution in [3.05, 3.63) is 29.6 Å². The van der Waals surface area contributed by atoms with Crippen LogP contribution in [0.1, 0.15) is 18.7 Å². The quantitative estimate of drug-likeness (QED) is 0.769. The Hall–Kier alpha value is -1.16. The van der Waals surface area contributed by atoms with E-state index in [1.807, 2.05) is 4.57 Å². The standard InChI is InChI=1S/C12H11ClF2N2/c13-5-11-16-12-9(15)3-8(14)4-10(12)17(11)6-7-1-2-7/h3-4,7H,1-2,5-6H2. The van der Waals surface area contributed by atoms with Crippen molar-refractivity contribution in [3.63, 3.8) is 0 Å². The van der Waals surface area contributed by atoms with Crippen LogP contribution >= 0.6 is 11.6 Å². The molecule has 1 heterocycles. The van der Waals surface area contributed by atoms with Crippen LogP contribution in [0.3, 0.4) is 0 Å². The Morgan fingerprint density at radius 2 is 2.12 bits per heavy atom. The lowest BCUT2D eigenvalue weighted by Gasteiger charge is -2.06. The fourth-order valence-electron chi connectivity index (χ4n) is 2.06. The van der Waals surface area contributed by atoms with Crippen LogP contribution in [-0.2, 0) is 12.4 Å². The van der Waals surface area contributed by atoms with Crippen LogP contribution in [0.4, 0.5) is 8.78 Å². The summed E-state index contributed by atoms with van der Waals surface area (Å²) >= 11 is 5.80. The van der Waals surface area contributed by atoms with Gasteiger partial charge in [0.1, 0.15) is 17.2 Å². The molecule has 1 aromatic heterocycles. The van der Waals surface area contributed by atoms with Gasteiger partial charge in [0.25, 0.3) is 0 Å². The first kappa shape index (κ1) is 11.0. The highest BCUT2D eigenvalue weighted by Crippen LogP contribution is 2.33. The molecule has 0 aliphatic heterocycles. The van der Waals surface area contributed by atoms with Crippen molar-refractivity contribution in [2.24, 2.45) is 5.92 Å². The minimum Gasteiger partial charge on any atom is -0.327 e. The van der Waals surface area contributed by atoms with E-state index in [4.69, 9.17) is 11.6 Å². The van der Waals surface area contributed by atoms with Gasteiger partial charge >= 0.3 is 0 Å². The zero-order chi connectivity index (χ0) is 12.0. The van der Waals surface area contributed by atoms with Crippen molar-refractivity contribution < 1.29 is 8.78 Å². The first-order valence-electron chi connectivity index (χ1n) is 5.59. The van der Waals surface area contributed by atoms with Gasteiger partial charge in [-0.3, -0.25) is 0 Å². The van der Waals surface area contributed by atoms with Crippen molar-refractivity contribution in [2.45, 2.75) is 25.3 Å². The molecule has 5 heteroatoms. The van der Waals surface area contributed by atoms with Gasteiger partial charge in [0, 0.05) is 12.6 Å². The smallest absolute Gasteiger partial charge is 0.153 e. The van der Waals surface area contributed by atoms with E-state index < -0.39 is 11.6 Å². The monoisotopic (exact) mass is 256 g/mol. The third-order valence-corrected chi connectivity index (χ3v) is 3.35. The number of fused-ring (bicyclic) bond motifs is 1. The molecule has 90 valence electrons. The lowest BCUT2D eigenvalue weighted by atomic mass is 10.3. The molecule has 0 spiro atoms. The van der Waals surface area contributed by atoms with Crippen LogP contribution in [0.15, 0.2) is 12.1 Å². The van der Waals surface area contributed by atoms with Crippen molar-refractivity contribution in [1.82, 2.24) is 9.55 Å². The van der Waals surface area contributed by atoms with Crippen LogP contribution in [0.2, 0.25) is 0 Å². The van der Waals surface area contributed by atoms with Gasteiger partial charge in [0.2, 0.25) is 0 Å². The highest BCUT2D eigenvalue weighted by Gasteiger charge is 2.24. The number of aromatic nitrogens is 2. The fraction of sp³-hybridized carbons (Fsp3) is 0.417. The third-order valence-electron chi connectivity index (χ3n) is 3.11. The molecule has 1 aliphatic carbocycles. The van der Waals surface area contributed by atoms with E-state index >= 15 is 0 Å². The number of halogens is 3. The van der Waals surface area contributed by atoms with E-state index in [1.54, 1.807) is 0 Å². The second-order valence-electron chi connectivity index (χ2n) is 4.47. The normalized spacial score (nSPS) is 15.7. The molecule has 1 fully saturated rings. The summed E-state index contributed by atoms with van der Waals surface area (Å²) in [4.78, 5) is 4.14. The topological polar surface area (TPSA) is 17.8 Å². The molecule has 0 atom stereocenters. The molecule has 2 nitrogen and oxygen atoms in total. The van der Waals surface area contributed by atoms with E-state index in [-0.39, 0.29) is 11.4 Å². The van der Waals surface area contributed by atoms with E-state index in [1.165, 1.54) is 18.9 Å². The zero-order valence-electron chi connectivity index (χ0n) is 9.09. The number of nitrogens with zero attached hydrogens (tertiary/aromatic N) is 2. The van der Waals surface area contributed by atoms with E-state index in [0.29, 0.717) is 17.3 Å². The van der Waals surface area contributed by atoms with Gasteiger partial charge in [-0.1, -0.05) is 0 Å². The summed E-state index contributed by atoms with van der Waals surface area (Å²) in [5, 5.41) is 0. The second kappa shape index (κ2) is 3.95. The maximum absolute atomic E-state index is 13.6. The summed E-state index contributed by atoms with van der Waals surface area (Å²) in [5.41, 5.74) is 0.716. The van der Waals surface area contributed by atoms with Crippen LogP contribution in [0, 0.1) is 17.6 Å². The largest absolute Gasteiger partial charge is 0.327 e. The van der Waals surface area contributed by atoms with Gasteiger partial charge in [0.05, 0.1) is 11.4 Å². The first-order valence-corrected chi connectivity index (χ1v) is 6.12. The maximum Gasteiger partial charge on any atom is 0.153 e. The molecular formula is C12H11ClF2N2. The van der Waals surface area contributed by atoms with Gasteiger partial charge in [-0.25, -0.2) is 13.8 Å². The molecule has 2 aromatic rings. The minimum atomic E-state index is -0.624. The molecule has 0 N–H and O–H groups in total. The van der Waals surface area contributed by atoms with Gasteiger partial charge < -0.3 is 4.57 Å². The van der Waals surface area contributed by atoms with Gasteiger partial charge in [-0.15, -0.1) is 11.6 Å². The number of hydrogen-bond donors (Lipinski definition) is 0. The van der Waals surface area contributed by atoms with E-state index in [0.717, 1.165) is 12.6 Å². The lowest BCUT2D eigenvalue weighted by molar-refractivity contribution is 0.587. The summed E-state index contributed by atoms with van der Waals surface area (Å²) in [5.74, 6) is 0.218. The number of benzene rings is 1. The molecule has 0 amide bonds. The summed E-state index contributed by atoms with van der Waals surface area (Å²) in [6.45, 7) is 0.751. The predicted molar refractivity (Wildman–Crippen MR) is 61.9 cm³/mol. The SMILES string of the molecule is Fc1cc(F)c2nc(CCl)n(CC3CC3)c2c1. The highest BCUT2D eigenvalue weighted by molar-refractivity contribution is 6.16. The minimum absolute atomic E-state index is 0.211. The molecule has 0 radical (unpaired) electrons. The maximum atomic E-state index is 13.6. The molecule has 17 heavy (non-hydrogen) atoms. The summed E-state index contributed by atoms with van der Waals surface area (Å²) in [6.07, 6.45) is 2.33. The van der Waals surface area contributed by atoms with E-state index in [9.17, 15) is 8.78 Å². The molecule has 1 aliphatic rings. The molecular weight excluding hydrogens is 246 g/mol. The average molecular weight is 257 g/mol. The Morgan fingerprint density at radius 1 is 1.35 bits per heavy atom. The Labute approximate surface area is 102 Å². The molecule has 1 aromatic carbocycles. The Bertz CT molecular complexity index is 575. The Balaban J connectivity index is 2.20. The molecule has 1 saturated carbocycles. The lowest BCUT2D eigenvalue weighted by Crippen LogP contribution is -2.04. The molecule has 0 saturated heterocycles. The average Bonchev–Trinajstić information content (AvgIpc) is 3.02. The molecule has 0 bridgehead atoms. The fourth-order valence-corrected chi connectivity index (χ4v) is 2.27. The summed E-state index contributed by atoms with van der Waals surface area (Å²) in [6, 6.07) is 2.18. The number of imidazole rings is 1. The molecule has 3 rings (SSSR count). The second-order valence-corrected chi connectivity index (χ2v) is 4.74. The van der Waals surface area contributed by atoms with Crippen molar-refractivity contribution in [3.8, 4) is 0 Å². The van der Waals surface area contributed by atoms with Gasteiger partial charge in [-0.2, -0.15) is 0 Å². The number of rotatable bonds is 3. The van der Waals surface area contributed by atoms with Crippen molar-refractivity contribution in [2.75, 3.05) is 0 Å². The number of hydrogen-bond acceptors (Lipinski definition) is 1. The molecule has 0 unspecified atom stereocenters. The van der Waals surface area contributed by atoms with E-state index in [2.05, 4.69) is 4.98 Å². The van der Waals surface area contributed by atoms with Crippen LogP contribution in [-0.4, -0.2) is 9.55 Å². The van der Waals surface area contributed by atoms with Crippen LogP contribution in [0.25, 0.3) is 11.0 Å². The third kappa shape index (κ3) is 1.90. The number of alkyl halides is 1. The van der Waals surface area contributed by atoms with Gasteiger partial charge in [-0.05, 0) is 24.8 Å². The Morgan fingerprint density at radius 3 is 2.76 bits per heavy atom. The highest BCUT2D eigenvalue weighted by atomic mass is 35.5. The summed E-state index contributed by atoms with van der Waals surface area (Å²) < 4.78 is 28.6. The van der Waals surface area contributed by atoms with Crippen LogP contribution < -0.4 is 0 Å². The van der Waals surface area contributed by atoms with Crippen LogP contribution in [0.5, 0.6) is 0 Å². The zero-order valence-corrected chi connectivity index (χ0v) is 9.84. The summed E-state index contributed by atoms with van der Waals surface area (Å²) in [7, 11) is 0. The van der Waals surface area contributed by atoms with Crippen molar-refractivity contribution >= 4 is 22.6 Å². The predicted octanol–water partition coefficient (Wildman–Crippen LogP) is 3.46. The van der Waals surface area contributed by atoms with Crippen molar-refractivity contribution in [1.29, 1.82) is 0 Å².